The molecule has 1 amide bonds. The average molecular weight is 325 g/mol. The normalized spacial score (nSPS) is 19.8. The van der Waals surface area contributed by atoms with Crippen LogP contribution in [0.3, 0.4) is 0 Å². The Bertz CT molecular complexity index is 519. The molecule has 0 bridgehead atoms. The lowest BCUT2D eigenvalue weighted by Crippen LogP contribution is -2.47. The minimum absolute atomic E-state index is 0.0650. The fourth-order valence-electron chi connectivity index (χ4n) is 2.96. The molecule has 1 aliphatic rings. The molecule has 1 aromatic carbocycles. The van der Waals surface area contributed by atoms with Crippen molar-refractivity contribution >= 4 is 17.5 Å². The molecule has 0 aliphatic carbocycles. The number of carbonyl (C=O) groups excluding carboxylic acids is 1. The lowest BCUT2D eigenvalue weighted by molar-refractivity contribution is -0.139. The van der Waals surface area contributed by atoms with Gasteiger partial charge < -0.3 is 15.0 Å². The van der Waals surface area contributed by atoms with Crippen molar-refractivity contribution in [1.82, 2.24) is 10.2 Å². The minimum atomic E-state index is -0.479. The Balaban J connectivity index is 1.96. The van der Waals surface area contributed by atoms with Gasteiger partial charge in [0, 0.05) is 18.1 Å². The predicted octanol–water partition coefficient (Wildman–Crippen LogP) is 2.87. The number of rotatable bonds is 5. The third-order valence-corrected chi connectivity index (χ3v) is 4.35. The van der Waals surface area contributed by atoms with Crippen LogP contribution in [-0.2, 0) is 4.79 Å². The van der Waals surface area contributed by atoms with Crippen molar-refractivity contribution < 1.29 is 9.53 Å². The maximum absolute atomic E-state index is 12.6. The molecule has 5 heteroatoms. The molecule has 1 aromatic rings. The SMILES string of the molecule is CNCC1CCCN(C(=O)C(C)Oc2ccc(Cl)cc2C)C1. The first kappa shape index (κ1) is 17.1. The summed E-state index contributed by atoms with van der Waals surface area (Å²) in [6, 6.07) is 5.45. The number of benzene rings is 1. The summed E-state index contributed by atoms with van der Waals surface area (Å²) in [4.78, 5) is 14.5. The number of carbonyl (C=O) groups is 1. The van der Waals surface area contributed by atoms with Gasteiger partial charge in [0.05, 0.1) is 0 Å². The molecule has 1 heterocycles. The summed E-state index contributed by atoms with van der Waals surface area (Å²) in [5.41, 5.74) is 0.943. The smallest absolute Gasteiger partial charge is 0.263 e. The van der Waals surface area contributed by atoms with Gasteiger partial charge in [0.15, 0.2) is 6.10 Å². The second-order valence-corrected chi connectivity index (χ2v) is 6.46. The molecule has 1 saturated heterocycles. The molecule has 1 fully saturated rings. The molecule has 0 saturated carbocycles. The maximum atomic E-state index is 12.6. The number of likely N-dealkylation sites (tertiary alicyclic amines) is 1. The van der Waals surface area contributed by atoms with Crippen LogP contribution in [0.15, 0.2) is 18.2 Å². The fraction of sp³-hybridized carbons (Fsp3) is 0.588. The Morgan fingerprint density at radius 3 is 3.00 bits per heavy atom. The second kappa shape index (κ2) is 7.84. The van der Waals surface area contributed by atoms with Gasteiger partial charge in [-0.05, 0) is 70.0 Å². The largest absolute Gasteiger partial charge is 0.481 e. The molecule has 2 rings (SSSR count). The van der Waals surface area contributed by atoms with Gasteiger partial charge in [-0.25, -0.2) is 0 Å². The lowest BCUT2D eigenvalue weighted by atomic mass is 9.97. The summed E-state index contributed by atoms with van der Waals surface area (Å²) in [6.07, 6.45) is 1.76. The summed E-state index contributed by atoms with van der Waals surface area (Å²) < 4.78 is 5.84. The first-order chi connectivity index (χ1) is 10.5. The molecular weight excluding hydrogens is 300 g/mol. The topological polar surface area (TPSA) is 41.6 Å². The Labute approximate surface area is 137 Å². The zero-order valence-electron chi connectivity index (χ0n) is 13.6. The molecule has 1 N–H and O–H groups in total. The Morgan fingerprint density at radius 1 is 1.55 bits per heavy atom. The zero-order valence-corrected chi connectivity index (χ0v) is 14.3. The van der Waals surface area contributed by atoms with Crippen molar-refractivity contribution in [3.63, 3.8) is 0 Å². The highest BCUT2D eigenvalue weighted by Gasteiger charge is 2.27. The fourth-order valence-corrected chi connectivity index (χ4v) is 3.19. The van der Waals surface area contributed by atoms with Crippen molar-refractivity contribution in [1.29, 1.82) is 0 Å². The molecule has 0 aromatic heterocycles. The molecule has 1 aliphatic heterocycles. The van der Waals surface area contributed by atoms with Crippen LogP contribution in [0.5, 0.6) is 5.75 Å². The monoisotopic (exact) mass is 324 g/mol. The molecule has 2 atom stereocenters. The number of halogens is 1. The number of nitrogens with zero attached hydrogens (tertiary/aromatic N) is 1. The van der Waals surface area contributed by atoms with Crippen LogP contribution in [0.1, 0.15) is 25.3 Å². The van der Waals surface area contributed by atoms with E-state index in [1.807, 2.05) is 37.9 Å². The highest BCUT2D eigenvalue weighted by atomic mass is 35.5. The van der Waals surface area contributed by atoms with Crippen LogP contribution in [-0.4, -0.2) is 43.6 Å². The average Bonchev–Trinajstić information content (AvgIpc) is 2.50. The predicted molar refractivity (Wildman–Crippen MR) is 89.5 cm³/mol. The number of hydrogen-bond donors (Lipinski definition) is 1. The van der Waals surface area contributed by atoms with Crippen molar-refractivity contribution in [2.24, 2.45) is 5.92 Å². The van der Waals surface area contributed by atoms with E-state index in [1.165, 1.54) is 6.42 Å². The number of nitrogens with one attached hydrogen (secondary N) is 1. The van der Waals surface area contributed by atoms with Crippen LogP contribution in [0.2, 0.25) is 5.02 Å². The van der Waals surface area contributed by atoms with Crippen LogP contribution in [0.4, 0.5) is 0 Å². The molecular formula is C17H25ClN2O2. The number of hydrogen-bond acceptors (Lipinski definition) is 3. The summed E-state index contributed by atoms with van der Waals surface area (Å²) in [5.74, 6) is 1.32. The zero-order chi connectivity index (χ0) is 16.1. The highest BCUT2D eigenvalue weighted by molar-refractivity contribution is 6.30. The van der Waals surface area contributed by atoms with E-state index >= 15 is 0 Å². The van der Waals surface area contributed by atoms with Crippen LogP contribution in [0, 0.1) is 12.8 Å². The third kappa shape index (κ3) is 4.37. The molecule has 0 spiro atoms. The van der Waals surface area contributed by atoms with Crippen LogP contribution >= 0.6 is 11.6 Å². The van der Waals surface area contributed by atoms with E-state index < -0.39 is 6.10 Å². The van der Waals surface area contributed by atoms with Crippen LogP contribution < -0.4 is 10.1 Å². The number of aryl methyl sites for hydroxylation is 1. The number of piperidine rings is 1. The van der Waals surface area contributed by atoms with Crippen molar-refractivity contribution in [3.8, 4) is 5.75 Å². The van der Waals surface area contributed by atoms with Gasteiger partial charge in [-0.3, -0.25) is 4.79 Å². The Morgan fingerprint density at radius 2 is 2.32 bits per heavy atom. The summed E-state index contributed by atoms with van der Waals surface area (Å²) in [6.45, 7) is 6.34. The van der Waals surface area contributed by atoms with E-state index in [0.29, 0.717) is 16.7 Å². The van der Waals surface area contributed by atoms with Gasteiger partial charge in [0.25, 0.3) is 5.91 Å². The van der Waals surface area contributed by atoms with Crippen molar-refractivity contribution in [2.75, 3.05) is 26.7 Å². The van der Waals surface area contributed by atoms with E-state index in [9.17, 15) is 4.79 Å². The third-order valence-electron chi connectivity index (χ3n) is 4.11. The van der Waals surface area contributed by atoms with E-state index in [4.69, 9.17) is 16.3 Å². The molecule has 4 nitrogen and oxygen atoms in total. The van der Waals surface area contributed by atoms with E-state index in [0.717, 1.165) is 31.6 Å². The van der Waals surface area contributed by atoms with E-state index in [2.05, 4.69) is 5.32 Å². The molecule has 22 heavy (non-hydrogen) atoms. The molecule has 2 unspecified atom stereocenters. The van der Waals surface area contributed by atoms with Crippen molar-refractivity contribution in [3.05, 3.63) is 28.8 Å². The van der Waals surface area contributed by atoms with E-state index in [-0.39, 0.29) is 5.91 Å². The molecule has 0 radical (unpaired) electrons. The number of ether oxygens (including phenoxy) is 1. The van der Waals surface area contributed by atoms with Gasteiger partial charge in [-0.1, -0.05) is 11.6 Å². The van der Waals surface area contributed by atoms with Crippen LogP contribution in [0.25, 0.3) is 0 Å². The standard InChI is InChI=1S/C17H25ClN2O2/c1-12-9-15(18)6-7-16(12)22-13(2)17(21)20-8-4-5-14(11-20)10-19-3/h6-7,9,13-14,19H,4-5,8,10-11H2,1-3H3. The summed E-state index contributed by atoms with van der Waals surface area (Å²) >= 11 is 5.95. The highest BCUT2D eigenvalue weighted by Crippen LogP contribution is 2.24. The maximum Gasteiger partial charge on any atom is 0.263 e. The Hall–Kier alpha value is -1.26. The van der Waals surface area contributed by atoms with Gasteiger partial charge in [-0.2, -0.15) is 0 Å². The Kier molecular flexibility index (Phi) is 6.09. The van der Waals surface area contributed by atoms with E-state index in [1.54, 1.807) is 6.07 Å². The number of amides is 1. The van der Waals surface area contributed by atoms with Gasteiger partial charge in [0.2, 0.25) is 0 Å². The van der Waals surface area contributed by atoms with Gasteiger partial charge >= 0.3 is 0 Å². The first-order valence-corrected chi connectivity index (χ1v) is 8.25. The van der Waals surface area contributed by atoms with Gasteiger partial charge in [0.1, 0.15) is 5.75 Å². The molecule has 122 valence electrons. The lowest BCUT2D eigenvalue weighted by Gasteiger charge is -2.34. The summed E-state index contributed by atoms with van der Waals surface area (Å²) in [5, 5.41) is 3.87. The minimum Gasteiger partial charge on any atom is -0.481 e. The first-order valence-electron chi connectivity index (χ1n) is 7.87. The van der Waals surface area contributed by atoms with Crippen molar-refractivity contribution in [2.45, 2.75) is 32.8 Å². The quantitative estimate of drug-likeness (QED) is 0.905. The second-order valence-electron chi connectivity index (χ2n) is 6.02. The summed E-state index contributed by atoms with van der Waals surface area (Å²) in [7, 11) is 1.95. The van der Waals surface area contributed by atoms with Gasteiger partial charge in [-0.15, -0.1) is 0 Å².